The number of alkyl halides is 2. The second kappa shape index (κ2) is 5.40. The molecule has 3 nitrogen and oxygen atoms in total. The summed E-state index contributed by atoms with van der Waals surface area (Å²) < 4.78 is 54.0. The first-order valence-electron chi connectivity index (χ1n) is 6.60. The van der Waals surface area contributed by atoms with Gasteiger partial charge in [-0.3, -0.25) is 0 Å². The molecular formula is C15H11F4N3. The van der Waals surface area contributed by atoms with E-state index in [9.17, 15) is 17.6 Å². The quantitative estimate of drug-likeness (QED) is 0.674. The van der Waals surface area contributed by atoms with E-state index < -0.39 is 23.8 Å². The first-order chi connectivity index (χ1) is 10.5. The lowest BCUT2D eigenvalue weighted by atomic mass is 10.2. The summed E-state index contributed by atoms with van der Waals surface area (Å²) in [6.07, 6.45) is -1.39. The Morgan fingerprint density at radius 3 is 2.50 bits per heavy atom. The third-order valence-electron chi connectivity index (χ3n) is 3.45. The molecule has 3 rings (SSSR count). The second-order valence-corrected chi connectivity index (χ2v) is 4.77. The number of rotatable bonds is 3. The van der Waals surface area contributed by atoms with Gasteiger partial charge in [-0.2, -0.15) is 5.10 Å². The van der Waals surface area contributed by atoms with Gasteiger partial charge in [0.2, 0.25) is 0 Å². The molecular weight excluding hydrogens is 298 g/mol. The van der Waals surface area contributed by atoms with Gasteiger partial charge >= 0.3 is 0 Å². The Balaban J connectivity index is 2.24. The van der Waals surface area contributed by atoms with Crippen molar-refractivity contribution in [3.05, 3.63) is 47.8 Å². The van der Waals surface area contributed by atoms with Crippen LogP contribution in [-0.2, 0) is 6.54 Å². The summed E-state index contributed by atoms with van der Waals surface area (Å²) in [5, 5.41) is 7.44. The molecule has 7 heteroatoms. The van der Waals surface area contributed by atoms with E-state index in [2.05, 4.69) is 10.2 Å². The average Bonchev–Trinajstić information content (AvgIpc) is 2.85. The van der Waals surface area contributed by atoms with Crippen LogP contribution in [0, 0.1) is 11.6 Å². The van der Waals surface area contributed by atoms with Gasteiger partial charge < -0.3 is 4.57 Å². The van der Waals surface area contributed by atoms with Crippen LogP contribution in [0.25, 0.3) is 22.2 Å². The van der Waals surface area contributed by atoms with Crippen molar-refractivity contribution in [2.45, 2.75) is 19.9 Å². The minimum atomic E-state index is -2.73. The molecule has 2 heterocycles. The molecule has 0 saturated heterocycles. The maximum absolute atomic E-state index is 13.4. The number of aromatic nitrogens is 3. The van der Waals surface area contributed by atoms with Gasteiger partial charge in [-0.15, -0.1) is 5.10 Å². The number of nitrogens with zero attached hydrogens (tertiary/aromatic N) is 3. The number of hydrogen-bond acceptors (Lipinski definition) is 2. The van der Waals surface area contributed by atoms with Crippen molar-refractivity contribution in [1.82, 2.24) is 14.8 Å². The Hall–Kier alpha value is -2.44. The summed E-state index contributed by atoms with van der Waals surface area (Å²) in [6, 6.07) is 5.03. The highest BCUT2D eigenvalue weighted by atomic mass is 19.3. The molecule has 0 bridgehead atoms. The standard InChI is InChI=1S/C15H11F4N3/c1-2-22-13(9-4-12(15(18)19)21-20-7-9)5-8-3-10(16)11(17)6-14(8)22/h3-7,15H,2H2,1H3. The molecule has 0 amide bonds. The van der Waals surface area contributed by atoms with E-state index >= 15 is 0 Å². The molecule has 0 aliphatic heterocycles. The van der Waals surface area contributed by atoms with E-state index in [-0.39, 0.29) is 0 Å². The molecule has 0 atom stereocenters. The number of benzene rings is 1. The highest BCUT2D eigenvalue weighted by Gasteiger charge is 2.16. The summed E-state index contributed by atoms with van der Waals surface area (Å²) in [7, 11) is 0. The zero-order valence-electron chi connectivity index (χ0n) is 11.5. The molecule has 2 aromatic heterocycles. The minimum absolute atomic E-state index is 0.421. The van der Waals surface area contributed by atoms with Crippen molar-refractivity contribution < 1.29 is 17.6 Å². The average molecular weight is 309 g/mol. The Labute approximate surface area is 123 Å². The fourth-order valence-corrected chi connectivity index (χ4v) is 2.47. The van der Waals surface area contributed by atoms with Crippen LogP contribution >= 0.6 is 0 Å². The first kappa shape index (κ1) is 14.5. The smallest absolute Gasteiger partial charge is 0.282 e. The zero-order valence-corrected chi connectivity index (χ0v) is 11.5. The molecule has 0 aliphatic carbocycles. The van der Waals surface area contributed by atoms with Gasteiger partial charge in [0.1, 0.15) is 5.69 Å². The van der Waals surface area contributed by atoms with E-state index in [0.29, 0.717) is 28.7 Å². The molecule has 0 aliphatic rings. The van der Waals surface area contributed by atoms with Crippen molar-refractivity contribution in [2.75, 3.05) is 0 Å². The summed E-state index contributed by atoms with van der Waals surface area (Å²) in [5.41, 5.74) is 1.03. The third kappa shape index (κ3) is 2.32. The van der Waals surface area contributed by atoms with Gasteiger partial charge in [0.05, 0.1) is 17.4 Å². The number of aryl methyl sites for hydroxylation is 1. The summed E-state index contributed by atoms with van der Waals surface area (Å²) in [4.78, 5) is 0. The van der Waals surface area contributed by atoms with E-state index in [1.165, 1.54) is 12.3 Å². The van der Waals surface area contributed by atoms with Gasteiger partial charge in [-0.25, -0.2) is 17.6 Å². The predicted molar refractivity (Wildman–Crippen MR) is 73.5 cm³/mol. The Bertz CT molecular complexity index is 842. The lowest BCUT2D eigenvalue weighted by Crippen LogP contribution is -2.00. The molecule has 0 radical (unpaired) electrons. The third-order valence-corrected chi connectivity index (χ3v) is 3.45. The van der Waals surface area contributed by atoms with Crippen molar-refractivity contribution in [3.63, 3.8) is 0 Å². The summed E-state index contributed by atoms with van der Waals surface area (Å²) in [6.45, 7) is 2.29. The van der Waals surface area contributed by atoms with Gasteiger partial charge in [-0.05, 0) is 25.1 Å². The van der Waals surface area contributed by atoms with Crippen LogP contribution in [0.5, 0.6) is 0 Å². The SMILES string of the molecule is CCn1c(-c2cnnc(C(F)F)c2)cc2cc(F)c(F)cc21. The monoisotopic (exact) mass is 309 g/mol. The van der Waals surface area contributed by atoms with Crippen LogP contribution in [0.4, 0.5) is 17.6 Å². The summed E-state index contributed by atoms with van der Waals surface area (Å²) >= 11 is 0. The highest BCUT2D eigenvalue weighted by Crippen LogP contribution is 2.30. The Morgan fingerprint density at radius 2 is 1.82 bits per heavy atom. The number of fused-ring (bicyclic) bond motifs is 1. The summed E-state index contributed by atoms with van der Waals surface area (Å²) in [5.74, 6) is -1.90. The zero-order chi connectivity index (χ0) is 15.9. The van der Waals surface area contributed by atoms with Crippen molar-refractivity contribution in [2.24, 2.45) is 0 Å². The molecule has 0 fully saturated rings. The largest absolute Gasteiger partial charge is 0.341 e. The van der Waals surface area contributed by atoms with Crippen molar-refractivity contribution in [1.29, 1.82) is 0 Å². The van der Waals surface area contributed by atoms with Crippen LogP contribution in [-0.4, -0.2) is 14.8 Å². The molecule has 0 unspecified atom stereocenters. The molecule has 114 valence electrons. The fraction of sp³-hybridized carbons (Fsp3) is 0.200. The van der Waals surface area contributed by atoms with Crippen LogP contribution in [0.3, 0.4) is 0 Å². The lowest BCUT2D eigenvalue weighted by molar-refractivity contribution is 0.145. The topological polar surface area (TPSA) is 30.7 Å². The number of halogens is 4. The lowest BCUT2D eigenvalue weighted by Gasteiger charge is -2.08. The van der Waals surface area contributed by atoms with Crippen LogP contribution in [0.2, 0.25) is 0 Å². The van der Waals surface area contributed by atoms with Gasteiger partial charge in [-0.1, -0.05) is 0 Å². The maximum atomic E-state index is 13.4. The molecule has 3 aromatic rings. The van der Waals surface area contributed by atoms with E-state index in [0.717, 1.165) is 12.1 Å². The van der Waals surface area contributed by atoms with Gasteiger partial charge in [0.25, 0.3) is 6.43 Å². The van der Waals surface area contributed by atoms with E-state index in [1.54, 1.807) is 10.6 Å². The molecule has 0 N–H and O–H groups in total. The Kier molecular flexibility index (Phi) is 3.56. The molecule has 0 spiro atoms. The molecule has 1 aromatic carbocycles. The maximum Gasteiger partial charge on any atom is 0.282 e. The number of hydrogen-bond donors (Lipinski definition) is 0. The van der Waals surface area contributed by atoms with E-state index in [1.807, 2.05) is 6.92 Å². The highest BCUT2D eigenvalue weighted by molar-refractivity contribution is 5.87. The van der Waals surface area contributed by atoms with Crippen molar-refractivity contribution in [3.8, 4) is 11.3 Å². The molecule has 0 saturated carbocycles. The van der Waals surface area contributed by atoms with Crippen LogP contribution in [0.15, 0.2) is 30.5 Å². The van der Waals surface area contributed by atoms with Gasteiger partial charge in [0.15, 0.2) is 11.6 Å². The molecule has 22 heavy (non-hydrogen) atoms. The minimum Gasteiger partial charge on any atom is -0.341 e. The van der Waals surface area contributed by atoms with Gasteiger partial charge in [0, 0.05) is 23.6 Å². The predicted octanol–water partition coefficient (Wildman–Crippen LogP) is 4.33. The van der Waals surface area contributed by atoms with Crippen LogP contribution < -0.4 is 0 Å². The van der Waals surface area contributed by atoms with Crippen molar-refractivity contribution >= 4 is 10.9 Å². The van der Waals surface area contributed by atoms with Crippen LogP contribution in [0.1, 0.15) is 19.0 Å². The normalized spacial score (nSPS) is 11.5. The first-order valence-corrected chi connectivity index (χ1v) is 6.60. The fourth-order valence-electron chi connectivity index (χ4n) is 2.47. The van der Waals surface area contributed by atoms with E-state index in [4.69, 9.17) is 0 Å². The second-order valence-electron chi connectivity index (χ2n) is 4.77. The Morgan fingerprint density at radius 1 is 1.09 bits per heavy atom.